The third-order valence-corrected chi connectivity index (χ3v) is 5.75. The van der Waals surface area contributed by atoms with E-state index in [1.165, 1.54) is 9.79 Å². The van der Waals surface area contributed by atoms with E-state index >= 15 is 0 Å². The van der Waals surface area contributed by atoms with Crippen LogP contribution in [-0.2, 0) is 0 Å². The lowest BCUT2D eigenvalue weighted by Gasteiger charge is -2.32. The highest BCUT2D eigenvalue weighted by Gasteiger charge is 2.17. The number of phenolic OH excluding ortho intramolecular Hbond substituents is 2. The van der Waals surface area contributed by atoms with E-state index < -0.39 is 10.0 Å². The van der Waals surface area contributed by atoms with E-state index in [9.17, 15) is 10.2 Å². The molecule has 0 radical (unpaired) electrons. The van der Waals surface area contributed by atoms with Gasteiger partial charge in [0.05, 0.1) is 0 Å². The summed E-state index contributed by atoms with van der Waals surface area (Å²) in [6.45, 7) is 0. The first-order chi connectivity index (χ1) is 8.00. The minimum Gasteiger partial charge on any atom is -0.508 e. The van der Waals surface area contributed by atoms with Crippen LogP contribution in [-0.4, -0.2) is 22.7 Å². The van der Waals surface area contributed by atoms with Gasteiger partial charge in [0.25, 0.3) is 0 Å². The van der Waals surface area contributed by atoms with Gasteiger partial charge in [0.15, 0.2) is 0 Å². The van der Waals surface area contributed by atoms with Gasteiger partial charge in [-0.3, -0.25) is 0 Å². The van der Waals surface area contributed by atoms with Crippen molar-refractivity contribution in [3.63, 3.8) is 0 Å². The highest BCUT2D eigenvalue weighted by atomic mass is 32.3. The van der Waals surface area contributed by atoms with Crippen LogP contribution in [0.4, 0.5) is 0 Å². The molecule has 0 aromatic heterocycles. The summed E-state index contributed by atoms with van der Waals surface area (Å²) in [5.74, 6) is 0.573. The highest BCUT2D eigenvalue weighted by molar-refractivity contribution is 8.32. The third-order valence-electron chi connectivity index (χ3n) is 2.85. The summed E-state index contributed by atoms with van der Waals surface area (Å²) in [6.07, 6.45) is 4.40. The Morgan fingerprint density at radius 2 is 0.941 bits per heavy atom. The van der Waals surface area contributed by atoms with E-state index in [1.807, 2.05) is 24.3 Å². The largest absolute Gasteiger partial charge is 0.508 e. The second-order valence-electron chi connectivity index (χ2n) is 4.31. The number of aromatic hydroxyl groups is 2. The number of hydrogen-bond donors (Lipinski definition) is 2. The van der Waals surface area contributed by atoms with E-state index in [0.717, 1.165) is 0 Å². The fourth-order valence-corrected chi connectivity index (χ4v) is 3.61. The zero-order valence-electron chi connectivity index (χ0n) is 9.92. The van der Waals surface area contributed by atoms with E-state index in [0.29, 0.717) is 0 Å². The van der Waals surface area contributed by atoms with Gasteiger partial charge in [-0.1, -0.05) is 0 Å². The standard InChI is InChI=1S/C14H16O2S/c1-17(2,13-7-3-11(15)4-8-13)14-9-5-12(16)6-10-14/h3-10,15-16H,1-2H3. The van der Waals surface area contributed by atoms with Gasteiger partial charge in [-0.05, 0) is 70.8 Å². The zero-order chi connectivity index (χ0) is 12.5. The van der Waals surface area contributed by atoms with Crippen LogP contribution in [0.3, 0.4) is 0 Å². The smallest absolute Gasteiger partial charge is 0.115 e. The minimum absolute atomic E-state index is 0.287. The lowest BCUT2D eigenvalue weighted by Crippen LogP contribution is -1.96. The SMILES string of the molecule is CS(C)(c1ccc(O)cc1)c1ccc(O)cc1. The predicted molar refractivity (Wildman–Crippen MR) is 72.2 cm³/mol. The van der Waals surface area contributed by atoms with Gasteiger partial charge < -0.3 is 10.2 Å². The molecular weight excluding hydrogens is 232 g/mol. The topological polar surface area (TPSA) is 40.5 Å². The van der Waals surface area contributed by atoms with Gasteiger partial charge >= 0.3 is 0 Å². The summed E-state index contributed by atoms with van der Waals surface area (Å²) in [6, 6.07) is 14.7. The molecule has 3 heteroatoms. The first-order valence-corrected chi connectivity index (χ1v) is 7.76. The fraction of sp³-hybridized carbons (Fsp3) is 0.143. The maximum atomic E-state index is 9.31. The molecule has 0 aliphatic carbocycles. The van der Waals surface area contributed by atoms with Crippen LogP contribution in [0.25, 0.3) is 0 Å². The summed E-state index contributed by atoms with van der Waals surface area (Å²) in [7, 11) is -1.09. The van der Waals surface area contributed by atoms with Gasteiger partial charge in [0.1, 0.15) is 11.5 Å². The Bertz CT molecular complexity index is 453. The van der Waals surface area contributed by atoms with E-state index in [4.69, 9.17) is 0 Å². The van der Waals surface area contributed by atoms with E-state index in [2.05, 4.69) is 12.5 Å². The van der Waals surface area contributed by atoms with Gasteiger partial charge in [0.2, 0.25) is 0 Å². The van der Waals surface area contributed by atoms with Gasteiger partial charge in [-0.2, -0.15) is 10.0 Å². The molecule has 0 aliphatic rings. The van der Waals surface area contributed by atoms with Crippen LogP contribution in [0.2, 0.25) is 0 Å². The molecule has 0 spiro atoms. The average Bonchev–Trinajstić information content (AvgIpc) is 2.30. The van der Waals surface area contributed by atoms with Crippen molar-refractivity contribution in [2.45, 2.75) is 9.79 Å². The van der Waals surface area contributed by atoms with Crippen LogP contribution < -0.4 is 0 Å². The van der Waals surface area contributed by atoms with E-state index in [-0.39, 0.29) is 11.5 Å². The van der Waals surface area contributed by atoms with Crippen molar-refractivity contribution in [3.05, 3.63) is 48.5 Å². The fourth-order valence-electron chi connectivity index (χ4n) is 1.71. The maximum Gasteiger partial charge on any atom is 0.115 e. The van der Waals surface area contributed by atoms with Crippen molar-refractivity contribution in [1.29, 1.82) is 0 Å². The van der Waals surface area contributed by atoms with Crippen molar-refractivity contribution in [1.82, 2.24) is 0 Å². The molecule has 0 aliphatic heterocycles. The summed E-state index contributed by atoms with van der Waals surface area (Å²) >= 11 is 0. The van der Waals surface area contributed by atoms with E-state index in [1.54, 1.807) is 24.3 Å². The van der Waals surface area contributed by atoms with Gasteiger partial charge in [-0.25, -0.2) is 0 Å². The third kappa shape index (κ3) is 2.39. The second kappa shape index (κ2) is 4.34. The molecule has 0 amide bonds. The monoisotopic (exact) mass is 248 g/mol. The molecule has 17 heavy (non-hydrogen) atoms. The quantitative estimate of drug-likeness (QED) is 0.852. The lowest BCUT2D eigenvalue weighted by atomic mass is 10.3. The van der Waals surface area contributed by atoms with Gasteiger partial charge in [0, 0.05) is 0 Å². The summed E-state index contributed by atoms with van der Waals surface area (Å²) in [5.41, 5.74) is 0. The molecular formula is C14H16O2S. The molecule has 0 bridgehead atoms. The molecule has 0 saturated heterocycles. The Morgan fingerprint density at radius 3 is 1.24 bits per heavy atom. The first-order valence-electron chi connectivity index (χ1n) is 5.31. The average molecular weight is 248 g/mol. The number of phenols is 2. The molecule has 2 rings (SSSR count). The Morgan fingerprint density at radius 1 is 0.647 bits per heavy atom. The van der Waals surface area contributed by atoms with Crippen LogP contribution in [0, 0.1) is 0 Å². The molecule has 90 valence electrons. The second-order valence-corrected chi connectivity index (χ2v) is 7.91. The minimum atomic E-state index is -1.09. The molecule has 2 N–H and O–H groups in total. The molecule has 0 unspecified atom stereocenters. The van der Waals surface area contributed by atoms with Crippen molar-refractivity contribution in [3.8, 4) is 11.5 Å². The molecule has 2 nitrogen and oxygen atoms in total. The lowest BCUT2D eigenvalue weighted by molar-refractivity contribution is 0.474. The highest BCUT2D eigenvalue weighted by Crippen LogP contribution is 2.56. The van der Waals surface area contributed by atoms with Crippen LogP contribution >= 0.6 is 10.0 Å². The van der Waals surface area contributed by atoms with Gasteiger partial charge in [-0.15, -0.1) is 0 Å². The molecule has 0 fully saturated rings. The van der Waals surface area contributed by atoms with Crippen molar-refractivity contribution in [2.75, 3.05) is 12.5 Å². The molecule has 2 aromatic rings. The Hall–Kier alpha value is -1.61. The molecule has 2 aromatic carbocycles. The van der Waals surface area contributed by atoms with Crippen LogP contribution in [0.15, 0.2) is 58.3 Å². The van der Waals surface area contributed by atoms with Crippen molar-refractivity contribution < 1.29 is 10.2 Å². The Balaban J connectivity index is 2.41. The van der Waals surface area contributed by atoms with Crippen LogP contribution in [0.5, 0.6) is 11.5 Å². The predicted octanol–water partition coefficient (Wildman–Crippen LogP) is 3.58. The zero-order valence-corrected chi connectivity index (χ0v) is 10.7. The van der Waals surface area contributed by atoms with Crippen molar-refractivity contribution in [2.24, 2.45) is 0 Å². The summed E-state index contributed by atoms with van der Waals surface area (Å²) in [4.78, 5) is 2.42. The summed E-state index contributed by atoms with van der Waals surface area (Å²) < 4.78 is 0. The summed E-state index contributed by atoms with van der Waals surface area (Å²) in [5, 5.41) is 18.6. The first kappa shape index (κ1) is 11.9. The molecule has 0 heterocycles. The molecule has 0 saturated carbocycles. The molecule has 0 atom stereocenters. The number of benzene rings is 2. The maximum absolute atomic E-state index is 9.31. The van der Waals surface area contributed by atoms with Crippen molar-refractivity contribution >= 4 is 10.0 Å². The normalized spacial score (nSPS) is 12.4. The number of rotatable bonds is 2. The number of hydrogen-bond acceptors (Lipinski definition) is 2. The van der Waals surface area contributed by atoms with Crippen LogP contribution in [0.1, 0.15) is 0 Å². The Labute approximate surface area is 103 Å². The Kier molecular flexibility index (Phi) is 3.03.